The van der Waals surface area contributed by atoms with Crippen LogP contribution in [0.15, 0.2) is 11.4 Å². The Balaban J connectivity index is 0.00000172. The summed E-state index contributed by atoms with van der Waals surface area (Å²) in [5.74, 6) is -0.000269. The fourth-order valence-electron chi connectivity index (χ4n) is 1.13. The van der Waals surface area contributed by atoms with Crippen LogP contribution in [0.2, 0.25) is 0 Å². The van der Waals surface area contributed by atoms with Gasteiger partial charge in [-0.1, -0.05) is 25.6 Å². The Morgan fingerprint density at radius 2 is 2.10 bits per heavy atom. The number of thioether (sulfide) groups is 1. The van der Waals surface area contributed by atoms with Crippen LogP contribution in [0.4, 0.5) is 5.82 Å². The number of hydrogen-bond acceptors (Lipinski definition) is 7. The molecule has 6 nitrogen and oxygen atoms in total. The average molecular weight is 300 g/mol. The summed E-state index contributed by atoms with van der Waals surface area (Å²) in [5, 5.41) is 0.594. The monoisotopic (exact) mass is 300 g/mol. The Morgan fingerprint density at radius 1 is 1.45 bits per heavy atom. The van der Waals surface area contributed by atoms with E-state index in [1.165, 1.54) is 18.0 Å². The first kappa shape index (κ1) is 18.7. The van der Waals surface area contributed by atoms with Crippen LogP contribution in [0, 0.1) is 0 Å². The second kappa shape index (κ2) is 10.4. The lowest BCUT2D eigenvalue weighted by molar-refractivity contribution is 0.0526. The van der Waals surface area contributed by atoms with Gasteiger partial charge in [0, 0.05) is 12.2 Å². The maximum atomic E-state index is 11.7. The first-order valence-electron chi connectivity index (χ1n) is 6.68. The van der Waals surface area contributed by atoms with Crippen molar-refractivity contribution in [2.75, 3.05) is 18.3 Å². The second-order valence-corrected chi connectivity index (χ2v) is 4.54. The van der Waals surface area contributed by atoms with Crippen LogP contribution in [0.3, 0.4) is 0 Å². The number of carbonyl (C=O) groups excluding carboxylic acids is 1. The fourth-order valence-corrected chi connectivity index (χ4v) is 1.47. The van der Waals surface area contributed by atoms with Gasteiger partial charge in [-0.2, -0.15) is 0 Å². The molecule has 0 aliphatic rings. The predicted octanol–water partition coefficient (Wildman–Crippen LogP) is 2.73. The molecular weight excluding hydrogens is 276 g/mol. The molecular formula is C13H24N4O2S. The highest BCUT2D eigenvalue weighted by Gasteiger charge is 2.15. The van der Waals surface area contributed by atoms with Gasteiger partial charge in [0.25, 0.3) is 0 Å². The smallest absolute Gasteiger partial charge is 0.343 e. The van der Waals surface area contributed by atoms with Gasteiger partial charge in [0.1, 0.15) is 5.56 Å². The molecule has 0 unspecified atom stereocenters. The van der Waals surface area contributed by atoms with Crippen LogP contribution >= 0.6 is 11.8 Å². The lowest BCUT2D eigenvalue weighted by Gasteiger charge is -2.13. The standard InChI is InChI=1S/C11H18N4O2S.C2H6/c1-5-17-10(16)8-6-12-11(18-4)13-9(8)15-14-7(2)3;1-2/h6-7,14H,5H2,1-4H3,(H,12,13,15);1-2H3. The zero-order valence-corrected chi connectivity index (χ0v) is 13.8. The van der Waals surface area contributed by atoms with E-state index < -0.39 is 5.97 Å². The molecule has 1 aromatic rings. The Morgan fingerprint density at radius 3 is 2.60 bits per heavy atom. The first-order chi connectivity index (χ1) is 9.58. The van der Waals surface area contributed by atoms with E-state index in [1.54, 1.807) is 6.92 Å². The zero-order chi connectivity index (χ0) is 15.5. The lowest BCUT2D eigenvalue weighted by Crippen LogP contribution is -2.30. The number of hydrogen-bond donors (Lipinski definition) is 2. The van der Waals surface area contributed by atoms with Gasteiger partial charge in [-0.15, -0.1) is 0 Å². The molecule has 7 heteroatoms. The lowest BCUT2D eigenvalue weighted by atomic mass is 10.3. The average Bonchev–Trinajstić information content (AvgIpc) is 2.47. The largest absolute Gasteiger partial charge is 0.462 e. The van der Waals surface area contributed by atoms with E-state index in [1.807, 2.05) is 34.0 Å². The molecule has 0 bridgehead atoms. The molecule has 1 aromatic heterocycles. The summed E-state index contributed by atoms with van der Waals surface area (Å²) in [6, 6.07) is 0.216. The van der Waals surface area contributed by atoms with E-state index in [2.05, 4.69) is 20.8 Å². The molecule has 1 heterocycles. The minimum Gasteiger partial charge on any atom is -0.462 e. The third kappa shape index (κ3) is 6.21. The highest BCUT2D eigenvalue weighted by atomic mass is 32.2. The topological polar surface area (TPSA) is 76.1 Å². The summed E-state index contributed by atoms with van der Waals surface area (Å²) in [5.41, 5.74) is 6.23. The number of aromatic nitrogens is 2. The number of nitrogens with one attached hydrogen (secondary N) is 2. The van der Waals surface area contributed by atoms with Crippen molar-refractivity contribution in [3.63, 3.8) is 0 Å². The van der Waals surface area contributed by atoms with E-state index in [0.29, 0.717) is 23.1 Å². The number of anilines is 1. The van der Waals surface area contributed by atoms with Gasteiger partial charge in [-0.05, 0) is 27.0 Å². The van der Waals surface area contributed by atoms with Gasteiger partial charge < -0.3 is 10.2 Å². The third-order valence-corrected chi connectivity index (χ3v) is 2.49. The summed E-state index contributed by atoms with van der Waals surface area (Å²) in [6.07, 6.45) is 3.35. The molecule has 2 N–H and O–H groups in total. The first-order valence-corrected chi connectivity index (χ1v) is 7.90. The van der Waals surface area contributed by atoms with Gasteiger partial charge in [-0.3, -0.25) is 0 Å². The molecule has 0 amide bonds. The van der Waals surface area contributed by atoms with Crippen molar-refractivity contribution in [1.29, 1.82) is 0 Å². The van der Waals surface area contributed by atoms with Gasteiger partial charge >= 0.3 is 5.97 Å². The Bertz CT molecular complexity index is 413. The SMILES string of the molecule is CC.CCOC(=O)c1cnc(SC)nc1NNC(C)C. The molecule has 0 spiro atoms. The summed E-state index contributed by atoms with van der Waals surface area (Å²) < 4.78 is 4.96. The number of hydrazine groups is 1. The summed E-state index contributed by atoms with van der Waals surface area (Å²) in [4.78, 5) is 20.0. The Kier molecular flexibility index (Phi) is 9.75. The molecule has 114 valence electrons. The number of rotatable bonds is 6. The van der Waals surface area contributed by atoms with E-state index in [9.17, 15) is 4.79 Å². The van der Waals surface area contributed by atoms with E-state index >= 15 is 0 Å². The minimum absolute atomic E-state index is 0.216. The van der Waals surface area contributed by atoms with Gasteiger partial charge in [-0.25, -0.2) is 20.2 Å². The van der Waals surface area contributed by atoms with Crippen LogP contribution in [0.5, 0.6) is 0 Å². The highest BCUT2D eigenvalue weighted by Crippen LogP contribution is 2.16. The van der Waals surface area contributed by atoms with Crippen molar-refractivity contribution in [1.82, 2.24) is 15.4 Å². The van der Waals surface area contributed by atoms with E-state index in [0.717, 1.165) is 0 Å². The Hall–Kier alpha value is -1.34. The number of ether oxygens (including phenoxy) is 1. The predicted molar refractivity (Wildman–Crippen MR) is 83.0 cm³/mol. The van der Waals surface area contributed by atoms with Crippen molar-refractivity contribution in [3.05, 3.63) is 11.8 Å². The summed E-state index contributed by atoms with van der Waals surface area (Å²) >= 11 is 1.41. The number of nitrogens with zero attached hydrogens (tertiary/aromatic N) is 2. The molecule has 1 rings (SSSR count). The maximum absolute atomic E-state index is 11.7. The van der Waals surface area contributed by atoms with Crippen molar-refractivity contribution in [2.45, 2.75) is 45.8 Å². The zero-order valence-electron chi connectivity index (χ0n) is 13.0. The molecule has 0 atom stereocenters. The quantitative estimate of drug-likeness (QED) is 0.362. The third-order valence-electron chi connectivity index (χ3n) is 1.92. The molecule has 0 aliphatic carbocycles. The molecule has 0 fully saturated rings. The summed E-state index contributed by atoms with van der Waals surface area (Å²) in [6.45, 7) is 10.0. The molecule has 0 saturated heterocycles. The highest BCUT2D eigenvalue weighted by molar-refractivity contribution is 7.98. The van der Waals surface area contributed by atoms with Gasteiger partial charge in [0.05, 0.1) is 6.61 Å². The molecule has 20 heavy (non-hydrogen) atoms. The number of esters is 1. The fraction of sp³-hybridized carbons (Fsp3) is 0.615. The number of carbonyl (C=O) groups is 1. The van der Waals surface area contributed by atoms with Crippen LogP contribution in [0.25, 0.3) is 0 Å². The van der Waals surface area contributed by atoms with Gasteiger partial charge in [0.2, 0.25) is 0 Å². The van der Waals surface area contributed by atoms with Crippen molar-refractivity contribution in [3.8, 4) is 0 Å². The van der Waals surface area contributed by atoms with Crippen LogP contribution in [0.1, 0.15) is 45.0 Å². The van der Waals surface area contributed by atoms with Crippen molar-refractivity contribution >= 4 is 23.5 Å². The normalized spacial score (nSPS) is 9.75. The summed E-state index contributed by atoms with van der Waals surface area (Å²) in [7, 11) is 0. The molecule has 0 aromatic carbocycles. The molecule has 0 aliphatic heterocycles. The Labute approximate surface area is 125 Å². The second-order valence-electron chi connectivity index (χ2n) is 3.76. The van der Waals surface area contributed by atoms with Crippen LogP contribution in [-0.2, 0) is 4.74 Å². The van der Waals surface area contributed by atoms with Crippen molar-refractivity contribution < 1.29 is 9.53 Å². The van der Waals surface area contributed by atoms with Crippen LogP contribution in [-0.4, -0.2) is 34.8 Å². The minimum atomic E-state index is -0.432. The molecule has 0 saturated carbocycles. The maximum Gasteiger partial charge on any atom is 0.343 e. The van der Waals surface area contributed by atoms with Crippen molar-refractivity contribution in [2.24, 2.45) is 0 Å². The van der Waals surface area contributed by atoms with Crippen LogP contribution < -0.4 is 10.9 Å². The van der Waals surface area contributed by atoms with Gasteiger partial charge in [0.15, 0.2) is 11.0 Å². The van der Waals surface area contributed by atoms with E-state index in [4.69, 9.17) is 4.74 Å². The van der Waals surface area contributed by atoms with E-state index in [-0.39, 0.29) is 6.04 Å². The molecule has 0 radical (unpaired) electrons.